The molecule has 0 bridgehead atoms. The number of halogens is 3. The summed E-state index contributed by atoms with van der Waals surface area (Å²) in [6, 6.07) is 0. The lowest BCUT2D eigenvalue weighted by Gasteiger charge is -2.09. The molecule has 3 rings (SSSR count). The van der Waals surface area contributed by atoms with Gasteiger partial charge in [-0.25, -0.2) is 15.0 Å². The zero-order valence-electron chi connectivity index (χ0n) is 10.1. The fourth-order valence-corrected chi connectivity index (χ4v) is 2.00. The topological polar surface area (TPSA) is 50.2 Å². The van der Waals surface area contributed by atoms with E-state index in [-0.39, 0.29) is 11.4 Å². The van der Waals surface area contributed by atoms with Crippen LogP contribution in [0.4, 0.5) is 13.2 Å². The van der Waals surface area contributed by atoms with Crippen LogP contribution in [-0.2, 0) is 6.18 Å². The Morgan fingerprint density at radius 1 is 1.25 bits per heavy atom. The summed E-state index contributed by atoms with van der Waals surface area (Å²) in [7, 11) is 0. The molecular formula is C13H9F3N4. The van der Waals surface area contributed by atoms with E-state index >= 15 is 0 Å². The first-order valence-corrected chi connectivity index (χ1v) is 5.83. The van der Waals surface area contributed by atoms with Gasteiger partial charge in [0.05, 0.1) is 18.0 Å². The summed E-state index contributed by atoms with van der Waals surface area (Å²) in [5.74, 6) is 0. The number of hydrogen-bond donors (Lipinski definition) is 1. The van der Waals surface area contributed by atoms with Crippen LogP contribution in [0.25, 0.3) is 5.70 Å². The number of alkyl halides is 3. The van der Waals surface area contributed by atoms with Crippen molar-refractivity contribution >= 4 is 11.4 Å². The molecule has 0 unspecified atom stereocenters. The van der Waals surface area contributed by atoms with Gasteiger partial charge < -0.3 is 5.32 Å². The predicted octanol–water partition coefficient (Wildman–Crippen LogP) is 2.33. The Balaban J connectivity index is 2.08. The van der Waals surface area contributed by atoms with Gasteiger partial charge in [0.2, 0.25) is 0 Å². The van der Waals surface area contributed by atoms with Crippen LogP contribution in [0.3, 0.4) is 0 Å². The zero-order chi connectivity index (χ0) is 14.2. The molecule has 2 aliphatic heterocycles. The fraction of sp³-hybridized carbons (Fsp3) is 0.154. The molecule has 7 heteroatoms. The molecule has 0 spiro atoms. The maximum absolute atomic E-state index is 12.9. The van der Waals surface area contributed by atoms with E-state index in [0.29, 0.717) is 12.3 Å². The molecule has 1 aromatic heterocycles. The smallest absolute Gasteiger partial charge is 0.385 e. The van der Waals surface area contributed by atoms with Crippen molar-refractivity contribution in [2.45, 2.75) is 6.18 Å². The number of hydrogen-bond acceptors (Lipinski definition) is 4. The molecule has 0 fully saturated rings. The van der Waals surface area contributed by atoms with Crippen molar-refractivity contribution in [2.75, 3.05) is 6.54 Å². The standard InChI is InChI=1S/C13H9F3N4/c14-13(15,16)9-5-18-7-19-12(9)10-4-8-2-1-3-17-6-11(8)20-10/h1-5,7,17H,6H2. The van der Waals surface area contributed by atoms with Gasteiger partial charge in [-0.2, -0.15) is 13.2 Å². The molecule has 4 nitrogen and oxygen atoms in total. The highest BCUT2D eigenvalue weighted by Crippen LogP contribution is 2.35. The van der Waals surface area contributed by atoms with Crippen LogP contribution < -0.4 is 5.32 Å². The minimum Gasteiger partial charge on any atom is -0.385 e. The molecule has 0 aliphatic carbocycles. The maximum Gasteiger partial charge on any atom is 0.420 e. The first kappa shape index (κ1) is 12.6. The molecule has 20 heavy (non-hydrogen) atoms. The number of fused-ring (bicyclic) bond motifs is 1. The van der Waals surface area contributed by atoms with E-state index in [2.05, 4.69) is 20.3 Å². The Bertz CT molecular complexity index is 668. The molecule has 102 valence electrons. The molecule has 0 saturated carbocycles. The SMILES string of the molecule is FC(F)(F)c1cncnc1C1=CC2=CC=CNCC2=N1. The summed E-state index contributed by atoms with van der Waals surface area (Å²) in [6.45, 7) is 0.467. The van der Waals surface area contributed by atoms with Crippen LogP contribution in [0, 0.1) is 0 Å². The number of aromatic nitrogens is 2. The average molecular weight is 278 g/mol. The van der Waals surface area contributed by atoms with E-state index in [1.54, 1.807) is 24.4 Å². The van der Waals surface area contributed by atoms with Crippen molar-refractivity contribution < 1.29 is 13.2 Å². The van der Waals surface area contributed by atoms with Crippen LogP contribution in [0.1, 0.15) is 11.3 Å². The summed E-state index contributed by atoms with van der Waals surface area (Å²) in [5.41, 5.74) is 0.608. The molecule has 0 amide bonds. The van der Waals surface area contributed by atoms with E-state index in [0.717, 1.165) is 18.1 Å². The minimum atomic E-state index is -4.51. The third-order valence-corrected chi connectivity index (χ3v) is 2.90. The highest BCUT2D eigenvalue weighted by Gasteiger charge is 2.36. The van der Waals surface area contributed by atoms with Crippen LogP contribution >= 0.6 is 0 Å². The average Bonchev–Trinajstić information content (AvgIpc) is 2.69. The number of allylic oxidation sites excluding steroid dienone is 3. The number of rotatable bonds is 1. The summed E-state index contributed by atoms with van der Waals surface area (Å²) in [5, 5.41) is 2.98. The van der Waals surface area contributed by atoms with E-state index in [1.165, 1.54) is 0 Å². The van der Waals surface area contributed by atoms with E-state index in [4.69, 9.17) is 0 Å². The minimum absolute atomic E-state index is 0.196. The van der Waals surface area contributed by atoms with Crippen LogP contribution in [-0.4, -0.2) is 22.2 Å². The second kappa shape index (κ2) is 4.59. The number of nitrogens with zero attached hydrogens (tertiary/aromatic N) is 3. The van der Waals surface area contributed by atoms with Gasteiger partial charge in [-0.05, 0) is 18.4 Å². The van der Waals surface area contributed by atoms with Gasteiger partial charge in [0, 0.05) is 11.8 Å². The highest BCUT2D eigenvalue weighted by atomic mass is 19.4. The lowest BCUT2D eigenvalue weighted by molar-refractivity contribution is -0.138. The molecule has 1 aromatic rings. The van der Waals surface area contributed by atoms with Gasteiger partial charge in [-0.1, -0.05) is 6.08 Å². The number of aliphatic imine (C=N–C) groups is 1. The summed E-state index contributed by atoms with van der Waals surface area (Å²) < 4.78 is 38.8. The van der Waals surface area contributed by atoms with Gasteiger partial charge >= 0.3 is 6.18 Å². The molecule has 1 N–H and O–H groups in total. The van der Waals surface area contributed by atoms with Crippen molar-refractivity contribution in [1.82, 2.24) is 15.3 Å². The third-order valence-electron chi connectivity index (χ3n) is 2.90. The highest BCUT2D eigenvalue weighted by molar-refractivity contribution is 6.11. The van der Waals surface area contributed by atoms with Gasteiger partial charge in [-0.3, -0.25) is 0 Å². The second-order valence-electron chi connectivity index (χ2n) is 4.23. The maximum atomic E-state index is 12.9. The number of nitrogens with one attached hydrogen (secondary N) is 1. The quantitative estimate of drug-likeness (QED) is 0.857. The lowest BCUT2D eigenvalue weighted by atomic mass is 10.1. The zero-order valence-corrected chi connectivity index (χ0v) is 10.1. The Hall–Kier alpha value is -2.44. The van der Waals surface area contributed by atoms with Gasteiger partial charge in [0.25, 0.3) is 0 Å². The van der Waals surface area contributed by atoms with Gasteiger partial charge in [0.15, 0.2) is 0 Å². The van der Waals surface area contributed by atoms with Crippen LogP contribution in [0.15, 0.2) is 47.5 Å². The van der Waals surface area contributed by atoms with Crippen molar-refractivity contribution in [3.63, 3.8) is 0 Å². The van der Waals surface area contributed by atoms with E-state index in [1.807, 2.05) is 0 Å². The van der Waals surface area contributed by atoms with Crippen molar-refractivity contribution in [3.05, 3.63) is 53.8 Å². The monoisotopic (exact) mass is 278 g/mol. The molecule has 0 saturated heterocycles. The fourth-order valence-electron chi connectivity index (χ4n) is 2.00. The summed E-state index contributed by atoms with van der Waals surface area (Å²) in [4.78, 5) is 11.4. The summed E-state index contributed by atoms with van der Waals surface area (Å²) in [6.07, 6.45) is 4.28. The molecule has 0 atom stereocenters. The third kappa shape index (κ3) is 2.22. The van der Waals surface area contributed by atoms with Gasteiger partial charge in [0.1, 0.15) is 17.6 Å². The molecular weight excluding hydrogens is 269 g/mol. The molecule has 3 heterocycles. The van der Waals surface area contributed by atoms with Gasteiger partial charge in [-0.15, -0.1) is 0 Å². The summed E-state index contributed by atoms with van der Waals surface area (Å²) >= 11 is 0. The Morgan fingerprint density at radius 2 is 2.10 bits per heavy atom. The Morgan fingerprint density at radius 3 is 2.90 bits per heavy atom. The lowest BCUT2D eigenvalue weighted by Crippen LogP contribution is -2.16. The van der Waals surface area contributed by atoms with Crippen molar-refractivity contribution in [1.29, 1.82) is 0 Å². The van der Waals surface area contributed by atoms with Crippen LogP contribution in [0.5, 0.6) is 0 Å². The molecule has 2 aliphatic rings. The second-order valence-corrected chi connectivity index (χ2v) is 4.23. The predicted molar refractivity (Wildman–Crippen MR) is 67.7 cm³/mol. The first-order valence-electron chi connectivity index (χ1n) is 5.83. The largest absolute Gasteiger partial charge is 0.420 e. The molecule has 0 aromatic carbocycles. The Labute approximate surface area is 112 Å². The Kier molecular flexibility index (Phi) is 2.89. The van der Waals surface area contributed by atoms with Crippen molar-refractivity contribution in [2.24, 2.45) is 4.99 Å². The molecule has 0 radical (unpaired) electrons. The van der Waals surface area contributed by atoms with Crippen LogP contribution in [0.2, 0.25) is 0 Å². The van der Waals surface area contributed by atoms with Crippen molar-refractivity contribution in [3.8, 4) is 0 Å². The van der Waals surface area contributed by atoms with E-state index < -0.39 is 11.7 Å². The van der Waals surface area contributed by atoms with E-state index in [9.17, 15) is 13.2 Å². The normalized spacial score (nSPS) is 17.6. The first-order chi connectivity index (χ1) is 9.55.